The number of nitrogens with zero attached hydrogens (tertiary/aromatic N) is 1. The summed E-state index contributed by atoms with van der Waals surface area (Å²) in [6, 6.07) is 8.43. The summed E-state index contributed by atoms with van der Waals surface area (Å²) in [6.07, 6.45) is 2.01. The lowest BCUT2D eigenvalue weighted by molar-refractivity contribution is -0.149. The number of esters is 1. The molecule has 8 heteroatoms. The molecule has 1 heterocycles. The highest BCUT2D eigenvalue weighted by Gasteiger charge is 2.38. The zero-order valence-corrected chi connectivity index (χ0v) is 19.4. The van der Waals surface area contributed by atoms with Gasteiger partial charge in [-0.3, -0.25) is 19.7 Å². The number of hydrogen-bond acceptors (Lipinski definition) is 6. The summed E-state index contributed by atoms with van der Waals surface area (Å²) >= 11 is 1.62. The first kappa shape index (κ1) is 25.2. The molecule has 4 unspecified atom stereocenters. The van der Waals surface area contributed by atoms with Gasteiger partial charge in [0, 0.05) is 17.5 Å². The normalized spacial score (nSPS) is 21.3. The Hall–Kier alpha value is -2.06. The summed E-state index contributed by atoms with van der Waals surface area (Å²) in [5.41, 5.74) is 1.10. The molecular formula is C23H34N2O5S. The smallest absolute Gasteiger partial charge is 0.323 e. The van der Waals surface area contributed by atoms with Gasteiger partial charge in [-0.15, -0.1) is 0 Å². The van der Waals surface area contributed by atoms with E-state index < -0.39 is 18.1 Å². The Morgan fingerprint density at radius 3 is 2.58 bits per heavy atom. The van der Waals surface area contributed by atoms with E-state index in [-0.39, 0.29) is 37.0 Å². The van der Waals surface area contributed by atoms with Crippen molar-refractivity contribution in [2.45, 2.75) is 58.2 Å². The molecule has 4 atom stereocenters. The maximum absolute atomic E-state index is 13.3. The number of carboxylic acids is 1. The van der Waals surface area contributed by atoms with Crippen LogP contribution in [0.1, 0.15) is 39.2 Å². The third-order valence-corrected chi connectivity index (χ3v) is 6.85. The SMILES string of the molecule is CCOC(=O)C(CCc1ccccc1)NC1CSCC(C(C)CC)N(CC(=O)O)C1=O. The second kappa shape index (κ2) is 12.7. The van der Waals surface area contributed by atoms with E-state index in [1.807, 2.05) is 44.2 Å². The number of hydrogen-bond donors (Lipinski definition) is 2. The molecular weight excluding hydrogens is 416 g/mol. The number of aryl methyl sites for hydroxylation is 1. The van der Waals surface area contributed by atoms with Crippen molar-refractivity contribution >= 4 is 29.6 Å². The highest BCUT2D eigenvalue weighted by atomic mass is 32.2. The summed E-state index contributed by atoms with van der Waals surface area (Å²) in [4.78, 5) is 38.9. The molecule has 1 amide bonds. The third kappa shape index (κ3) is 7.54. The molecule has 0 radical (unpaired) electrons. The van der Waals surface area contributed by atoms with Crippen LogP contribution < -0.4 is 5.32 Å². The van der Waals surface area contributed by atoms with Gasteiger partial charge in [0.2, 0.25) is 5.91 Å². The summed E-state index contributed by atoms with van der Waals surface area (Å²) in [7, 11) is 0. The molecule has 7 nitrogen and oxygen atoms in total. The van der Waals surface area contributed by atoms with Crippen LogP contribution in [0.2, 0.25) is 0 Å². The minimum absolute atomic E-state index is 0.143. The Kier molecular flexibility index (Phi) is 10.3. The van der Waals surface area contributed by atoms with E-state index in [0.717, 1.165) is 12.0 Å². The van der Waals surface area contributed by atoms with Crippen LogP contribution in [0.5, 0.6) is 0 Å². The fraction of sp³-hybridized carbons (Fsp3) is 0.609. The fourth-order valence-corrected chi connectivity index (χ4v) is 5.11. The molecule has 0 saturated carbocycles. The number of amides is 1. The lowest BCUT2D eigenvalue weighted by atomic mass is 9.98. The topological polar surface area (TPSA) is 95.9 Å². The van der Waals surface area contributed by atoms with Gasteiger partial charge in [-0.1, -0.05) is 50.6 Å². The second-order valence-corrected chi connectivity index (χ2v) is 8.97. The van der Waals surface area contributed by atoms with Gasteiger partial charge >= 0.3 is 11.9 Å². The maximum atomic E-state index is 13.3. The van der Waals surface area contributed by atoms with Gasteiger partial charge in [0.15, 0.2) is 0 Å². The van der Waals surface area contributed by atoms with Crippen molar-refractivity contribution in [1.29, 1.82) is 0 Å². The van der Waals surface area contributed by atoms with Gasteiger partial charge < -0.3 is 14.7 Å². The number of thioether (sulfide) groups is 1. The van der Waals surface area contributed by atoms with Crippen LogP contribution in [0.3, 0.4) is 0 Å². The minimum atomic E-state index is -1.03. The van der Waals surface area contributed by atoms with Crippen molar-refractivity contribution in [2.24, 2.45) is 5.92 Å². The van der Waals surface area contributed by atoms with Crippen LogP contribution in [0.15, 0.2) is 30.3 Å². The first-order valence-corrected chi connectivity index (χ1v) is 12.1. The fourth-order valence-electron chi connectivity index (χ4n) is 3.75. The van der Waals surface area contributed by atoms with Gasteiger partial charge in [0.25, 0.3) is 0 Å². The van der Waals surface area contributed by atoms with Crippen molar-refractivity contribution in [3.05, 3.63) is 35.9 Å². The average Bonchev–Trinajstić information content (AvgIpc) is 2.90. The number of nitrogens with one attached hydrogen (secondary N) is 1. The summed E-state index contributed by atoms with van der Waals surface area (Å²) in [5, 5.41) is 12.6. The predicted octanol–water partition coefficient (Wildman–Crippen LogP) is 2.58. The largest absolute Gasteiger partial charge is 0.480 e. The monoisotopic (exact) mass is 450 g/mol. The Balaban J connectivity index is 2.17. The second-order valence-electron chi connectivity index (χ2n) is 7.90. The van der Waals surface area contributed by atoms with Crippen molar-refractivity contribution in [1.82, 2.24) is 10.2 Å². The molecule has 0 spiro atoms. The van der Waals surface area contributed by atoms with Crippen molar-refractivity contribution in [3.8, 4) is 0 Å². The molecule has 1 fully saturated rings. The molecule has 0 aromatic heterocycles. The van der Waals surface area contributed by atoms with E-state index >= 15 is 0 Å². The lowest BCUT2D eigenvalue weighted by Crippen LogP contribution is -2.56. The van der Waals surface area contributed by atoms with Crippen LogP contribution >= 0.6 is 11.8 Å². The molecule has 1 aliphatic heterocycles. The molecule has 1 aliphatic rings. The van der Waals surface area contributed by atoms with Gasteiger partial charge in [-0.25, -0.2) is 0 Å². The Bertz CT molecular complexity index is 730. The Morgan fingerprint density at radius 1 is 1.26 bits per heavy atom. The van der Waals surface area contributed by atoms with E-state index in [1.54, 1.807) is 18.7 Å². The Morgan fingerprint density at radius 2 is 1.97 bits per heavy atom. The minimum Gasteiger partial charge on any atom is -0.480 e. The molecule has 0 aliphatic carbocycles. The zero-order chi connectivity index (χ0) is 22.8. The average molecular weight is 451 g/mol. The van der Waals surface area contributed by atoms with Crippen LogP contribution in [0.25, 0.3) is 0 Å². The number of carboxylic acid groups (broad SMARTS) is 1. The van der Waals surface area contributed by atoms with Crippen LogP contribution in [-0.2, 0) is 25.5 Å². The Labute approximate surface area is 188 Å². The number of benzene rings is 1. The molecule has 31 heavy (non-hydrogen) atoms. The van der Waals surface area contributed by atoms with E-state index in [1.165, 1.54) is 4.90 Å². The summed E-state index contributed by atoms with van der Waals surface area (Å²) < 4.78 is 5.24. The first-order chi connectivity index (χ1) is 14.9. The van der Waals surface area contributed by atoms with Crippen LogP contribution in [0, 0.1) is 5.92 Å². The highest BCUT2D eigenvalue weighted by molar-refractivity contribution is 7.99. The molecule has 1 saturated heterocycles. The van der Waals surface area contributed by atoms with E-state index in [4.69, 9.17) is 4.74 Å². The van der Waals surface area contributed by atoms with Gasteiger partial charge in [-0.05, 0) is 31.2 Å². The van der Waals surface area contributed by atoms with E-state index in [2.05, 4.69) is 5.32 Å². The molecule has 1 aromatic carbocycles. The number of ether oxygens (including phenoxy) is 1. The van der Waals surface area contributed by atoms with E-state index in [0.29, 0.717) is 24.3 Å². The van der Waals surface area contributed by atoms with Crippen LogP contribution in [-0.4, -0.2) is 70.6 Å². The number of carbonyl (C=O) groups excluding carboxylic acids is 2. The predicted molar refractivity (Wildman–Crippen MR) is 122 cm³/mol. The lowest BCUT2D eigenvalue weighted by Gasteiger charge is -2.34. The van der Waals surface area contributed by atoms with Gasteiger partial charge in [0.1, 0.15) is 12.6 Å². The number of aliphatic carboxylic acids is 1. The van der Waals surface area contributed by atoms with E-state index in [9.17, 15) is 19.5 Å². The molecule has 0 bridgehead atoms. The van der Waals surface area contributed by atoms with Crippen LogP contribution in [0.4, 0.5) is 0 Å². The number of carbonyl (C=O) groups is 3. The molecule has 1 aromatic rings. The first-order valence-electron chi connectivity index (χ1n) is 10.9. The zero-order valence-electron chi connectivity index (χ0n) is 18.6. The highest BCUT2D eigenvalue weighted by Crippen LogP contribution is 2.25. The van der Waals surface area contributed by atoms with Gasteiger partial charge in [-0.2, -0.15) is 11.8 Å². The quantitative estimate of drug-likeness (QED) is 0.500. The number of rotatable bonds is 11. The van der Waals surface area contributed by atoms with Crippen molar-refractivity contribution < 1.29 is 24.2 Å². The van der Waals surface area contributed by atoms with Crippen molar-refractivity contribution in [2.75, 3.05) is 24.7 Å². The standard InChI is InChI=1S/C23H34N2O5S/c1-4-16(3)20-15-31-14-19(22(28)25(20)13-21(26)27)24-18(23(29)30-5-2)12-11-17-9-7-6-8-10-17/h6-10,16,18-20,24H,4-5,11-15H2,1-3H3,(H,26,27). The molecule has 2 N–H and O–H groups in total. The summed E-state index contributed by atoms with van der Waals surface area (Å²) in [6.45, 7) is 5.77. The van der Waals surface area contributed by atoms with Crippen molar-refractivity contribution in [3.63, 3.8) is 0 Å². The third-order valence-electron chi connectivity index (χ3n) is 5.70. The maximum Gasteiger partial charge on any atom is 0.323 e. The summed E-state index contributed by atoms with van der Waals surface area (Å²) in [5.74, 6) is -0.314. The molecule has 2 rings (SSSR count). The molecule has 172 valence electrons. The van der Waals surface area contributed by atoms with Gasteiger partial charge in [0.05, 0.1) is 12.6 Å².